The van der Waals surface area contributed by atoms with Gasteiger partial charge in [0.15, 0.2) is 0 Å². The molecule has 0 amide bonds. The Bertz CT molecular complexity index is 569. The molecule has 1 aromatic carbocycles. The summed E-state index contributed by atoms with van der Waals surface area (Å²) >= 11 is 0. The number of benzene rings is 1. The lowest BCUT2D eigenvalue weighted by Gasteiger charge is -2.19. The Kier molecular flexibility index (Phi) is 4.46. The van der Waals surface area contributed by atoms with Crippen LogP contribution in [0.3, 0.4) is 0 Å². The fourth-order valence-electron chi connectivity index (χ4n) is 2.29. The third kappa shape index (κ3) is 3.79. The minimum absolute atomic E-state index is 0.0569. The topological polar surface area (TPSA) is 47.0 Å². The number of ether oxygens (including phenoxy) is 1. The standard InChI is InChI=1S/C17H21N3O/c1-2-8-20-17(16-12-18-9-10-19-16)13-4-3-5-15(11-13)21-14-6-7-14/h3-5,9-12,14,17,20H,2,6-8H2,1H3. The number of hydrogen-bond donors (Lipinski definition) is 1. The maximum Gasteiger partial charge on any atom is 0.120 e. The third-order valence-corrected chi connectivity index (χ3v) is 3.50. The van der Waals surface area contributed by atoms with Gasteiger partial charge in [0.2, 0.25) is 0 Å². The molecule has 2 aromatic rings. The van der Waals surface area contributed by atoms with E-state index in [1.807, 2.05) is 18.3 Å². The van der Waals surface area contributed by atoms with Crippen molar-refractivity contribution in [3.63, 3.8) is 0 Å². The van der Waals surface area contributed by atoms with E-state index in [4.69, 9.17) is 4.74 Å². The molecule has 1 aliphatic rings. The van der Waals surface area contributed by atoms with E-state index in [0.717, 1.165) is 24.4 Å². The summed E-state index contributed by atoms with van der Waals surface area (Å²) < 4.78 is 5.89. The third-order valence-electron chi connectivity index (χ3n) is 3.50. The molecule has 1 aliphatic carbocycles. The summed E-state index contributed by atoms with van der Waals surface area (Å²) in [5, 5.41) is 3.54. The zero-order chi connectivity index (χ0) is 14.5. The molecule has 0 saturated heterocycles. The van der Waals surface area contributed by atoms with Gasteiger partial charge in [0.05, 0.1) is 24.0 Å². The van der Waals surface area contributed by atoms with Gasteiger partial charge in [0, 0.05) is 12.4 Å². The van der Waals surface area contributed by atoms with Crippen LogP contribution in [0.25, 0.3) is 0 Å². The Hall–Kier alpha value is -1.94. The van der Waals surface area contributed by atoms with Gasteiger partial charge in [0.1, 0.15) is 5.75 Å². The molecule has 1 saturated carbocycles. The van der Waals surface area contributed by atoms with Gasteiger partial charge in [-0.25, -0.2) is 0 Å². The second kappa shape index (κ2) is 6.68. The number of hydrogen-bond acceptors (Lipinski definition) is 4. The number of nitrogens with zero attached hydrogens (tertiary/aromatic N) is 2. The van der Waals surface area contributed by atoms with Gasteiger partial charge in [-0.3, -0.25) is 9.97 Å². The van der Waals surface area contributed by atoms with E-state index < -0.39 is 0 Å². The van der Waals surface area contributed by atoms with E-state index in [2.05, 4.69) is 34.3 Å². The highest BCUT2D eigenvalue weighted by molar-refractivity contribution is 5.34. The molecular weight excluding hydrogens is 262 g/mol. The molecule has 1 aromatic heterocycles. The van der Waals surface area contributed by atoms with E-state index >= 15 is 0 Å². The molecule has 1 fully saturated rings. The van der Waals surface area contributed by atoms with Crippen molar-refractivity contribution < 1.29 is 4.74 Å². The van der Waals surface area contributed by atoms with Crippen LogP contribution >= 0.6 is 0 Å². The van der Waals surface area contributed by atoms with E-state index in [-0.39, 0.29) is 6.04 Å². The molecule has 0 radical (unpaired) electrons. The van der Waals surface area contributed by atoms with Gasteiger partial charge < -0.3 is 10.1 Å². The first-order chi connectivity index (χ1) is 10.4. The highest BCUT2D eigenvalue weighted by Crippen LogP contribution is 2.29. The Morgan fingerprint density at radius 3 is 2.95 bits per heavy atom. The van der Waals surface area contributed by atoms with E-state index in [0.29, 0.717) is 6.10 Å². The highest BCUT2D eigenvalue weighted by atomic mass is 16.5. The molecule has 1 atom stereocenters. The Morgan fingerprint density at radius 1 is 1.33 bits per heavy atom. The molecule has 0 spiro atoms. The van der Waals surface area contributed by atoms with Crippen molar-refractivity contribution in [3.05, 3.63) is 54.1 Å². The number of nitrogens with one attached hydrogen (secondary N) is 1. The maximum atomic E-state index is 5.89. The summed E-state index contributed by atoms with van der Waals surface area (Å²) in [7, 11) is 0. The molecule has 110 valence electrons. The van der Waals surface area contributed by atoms with Gasteiger partial charge in [-0.05, 0) is 43.5 Å². The zero-order valence-electron chi connectivity index (χ0n) is 12.3. The first-order valence-electron chi connectivity index (χ1n) is 7.62. The van der Waals surface area contributed by atoms with Crippen molar-refractivity contribution in [1.82, 2.24) is 15.3 Å². The van der Waals surface area contributed by atoms with Crippen LogP contribution in [-0.4, -0.2) is 22.6 Å². The fourth-order valence-corrected chi connectivity index (χ4v) is 2.29. The predicted octanol–water partition coefficient (Wildman–Crippen LogP) is 3.11. The molecular formula is C17H21N3O. The lowest BCUT2D eigenvalue weighted by molar-refractivity contribution is 0.302. The molecule has 1 heterocycles. The van der Waals surface area contributed by atoms with Crippen LogP contribution in [0.2, 0.25) is 0 Å². The first kappa shape index (κ1) is 14.0. The minimum Gasteiger partial charge on any atom is -0.490 e. The SMILES string of the molecule is CCCNC(c1cccc(OC2CC2)c1)c1cnccn1. The highest BCUT2D eigenvalue weighted by Gasteiger charge is 2.24. The summed E-state index contributed by atoms with van der Waals surface area (Å²) in [5.41, 5.74) is 2.11. The predicted molar refractivity (Wildman–Crippen MR) is 82.3 cm³/mol. The normalized spacial score (nSPS) is 15.7. The molecule has 3 rings (SSSR count). The van der Waals surface area contributed by atoms with Crippen molar-refractivity contribution >= 4 is 0 Å². The van der Waals surface area contributed by atoms with Crippen LogP contribution in [0.15, 0.2) is 42.9 Å². The fraction of sp³-hybridized carbons (Fsp3) is 0.412. The summed E-state index contributed by atoms with van der Waals surface area (Å²) in [6, 6.07) is 8.35. The number of rotatable bonds is 7. The second-order valence-corrected chi connectivity index (χ2v) is 5.41. The Labute approximate surface area is 125 Å². The van der Waals surface area contributed by atoms with Crippen molar-refractivity contribution in [3.8, 4) is 5.75 Å². The van der Waals surface area contributed by atoms with Gasteiger partial charge in [-0.1, -0.05) is 19.1 Å². The summed E-state index contributed by atoms with van der Waals surface area (Å²) in [5.74, 6) is 0.946. The van der Waals surface area contributed by atoms with Gasteiger partial charge >= 0.3 is 0 Å². The zero-order valence-corrected chi connectivity index (χ0v) is 12.3. The molecule has 21 heavy (non-hydrogen) atoms. The summed E-state index contributed by atoms with van der Waals surface area (Å²) in [6.45, 7) is 3.10. The van der Waals surface area contributed by atoms with E-state index in [1.54, 1.807) is 12.4 Å². The molecule has 1 N–H and O–H groups in total. The average Bonchev–Trinajstić information content (AvgIpc) is 3.33. The lowest BCUT2D eigenvalue weighted by atomic mass is 10.0. The first-order valence-corrected chi connectivity index (χ1v) is 7.62. The average molecular weight is 283 g/mol. The largest absolute Gasteiger partial charge is 0.490 e. The monoisotopic (exact) mass is 283 g/mol. The summed E-state index contributed by atoms with van der Waals surface area (Å²) in [4.78, 5) is 8.63. The van der Waals surface area contributed by atoms with Crippen LogP contribution in [0.1, 0.15) is 43.5 Å². The van der Waals surface area contributed by atoms with Gasteiger partial charge in [-0.2, -0.15) is 0 Å². The van der Waals surface area contributed by atoms with Crippen molar-refractivity contribution in [2.75, 3.05) is 6.54 Å². The lowest BCUT2D eigenvalue weighted by Crippen LogP contribution is -2.24. The molecule has 1 unspecified atom stereocenters. The van der Waals surface area contributed by atoms with Crippen molar-refractivity contribution in [2.45, 2.75) is 38.3 Å². The molecule has 0 bridgehead atoms. The van der Waals surface area contributed by atoms with Crippen molar-refractivity contribution in [2.24, 2.45) is 0 Å². The van der Waals surface area contributed by atoms with Crippen molar-refractivity contribution in [1.29, 1.82) is 0 Å². The molecule has 4 heteroatoms. The van der Waals surface area contributed by atoms with Crippen LogP contribution < -0.4 is 10.1 Å². The van der Waals surface area contributed by atoms with Crippen LogP contribution in [-0.2, 0) is 0 Å². The van der Waals surface area contributed by atoms with E-state index in [1.165, 1.54) is 18.4 Å². The smallest absolute Gasteiger partial charge is 0.120 e. The Balaban J connectivity index is 1.84. The quantitative estimate of drug-likeness (QED) is 0.848. The maximum absolute atomic E-state index is 5.89. The van der Waals surface area contributed by atoms with E-state index in [9.17, 15) is 0 Å². The molecule has 0 aliphatic heterocycles. The second-order valence-electron chi connectivity index (χ2n) is 5.41. The van der Waals surface area contributed by atoms with Crippen LogP contribution in [0.4, 0.5) is 0 Å². The minimum atomic E-state index is 0.0569. The Morgan fingerprint density at radius 2 is 2.24 bits per heavy atom. The van der Waals surface area contributed by atoms with Gasteiger partial charge in [0.25, 0.3) is 0 Å². The number of aromatic nitrogens is 2. The molecule has 4 nitrogen and oxygen atoms in total. The van der Waals surface area contributed by atoms with Crippen LogP contribution in [0.5, 0.6) is 5.75 Å². The summed E-state index contributed by atoms with van der Waals surface area (Å²) in [6.07, 6.45) is 9.10. The van der Waals surface area contributed by atoms with Crippen LogP contribution in [0, 0.1) is 0 Å². The van der Waals surface area contributed by atoms with Gasteiger partial charge in [-0.15, -0.1) is 0 Å².